The number of rotatable bonds is 8. The Morgan fingerprint density at radius 1 is 1.00 bits per heavy atom. The van der Waals surface area contributed by atoms with Gasteiger partial charge in [-0.2, -0.15) is 5.10 Å². The molecule has 0 aromatic heterocycles. The molecule has 2 rings (SSSR count). The molecule has 2 N–H and O–H groups in total. The van der Waals surface area contributed by atoms with E-state index in [9.17, 15) is 9.59 Å². The molecule has 154 valence electrons. The summed E-state index contributed by atoms with van der Waals surface area (Å²) in [5.41, 5.74) is 4.10. The van der Waals surface area contributed by atoms with Crippen LogP contribution < -0.4 is 20.2 Å². The molecule has 0 saturated heterocycles. The summed E-state index contributed by atoms with van der Waals surface area (Å²) in [5.74, 6) is 0.176. The smallest absolute Gasteiger partial charge is 0.244 e. The van der Waals surface area contributed by atoms with Crippen molar-refractivity contribution in [3.63, 3.8) is 0 Å². The number of amides is 2. The Kier molecular flexibility index (Phi) is 8.30. The first-order valence-corrected chi connectivity index (χ1v) is 9.35. The molecule has 0 aliphatic heterocycles. The first-order valence-electron chi connectivity index (χ1n) is 8.60. The van der Waals surface area contributed by atoms with Gasteiger partial charge in [-0.1, -0.05) is 35.3 Å². The number of hydrazone groups is 1. The standard InChI is InChI=1S/C20H21Cl2N3O4/c1-12(24-25-20(27)9-13-4-6-14(21)7-5-13)8-19(26)23-16-11-17(28-2)15(22)10-18(16)29-3/h4-7,10-11H,8-9H2,1-3H3,(H,23,26)(H,25,27)/b24-12-. The fraction of sp³-hybridized carbons (Fsp3) is 0.250. The minimum Gasteiger partial charge on any atom is -0.495 e. The van der Waals surface area contributed by atoms with E-state index < -0.39 is 0 Å². The van der Waals surface area contributed by atoms with Gasteiger partial charge < -0.3 is 14.8 Å². The molecule has 0 aliphatic carbocycles. The maximum Gasteiger partial charge on any atom is 0.244 e. The van der Waals surface area contributed by atoms with Gasteiger partial charge in [-0.3, -0.25) is 9.59 Å². The number of halogens is 2. The van der Waals surface area contributed by atoms with E-state index in [0.717, 1.165) is 5.56 Å². The summed E-state index contributed by atoms with van der Waals surface area (Å²) in [6, 6.07) is 10.1. The van der Waals surface area contributed by atoms with Crippen molar-refractivity contribution in [1.29, 1.82) is 0 Å². The Labute approximate surface area is 179 Å². The molecular weight excluding hydrogens is 417 g/mol. The molecule has 9 heteroatoms. The lowest BCUT2D eigenvalue weighted by molar-refractivity contribution is -0.120. The van der Waals surface area contributed by atoms with Crippen LogP contribution in [0.3, 0.4) is 0 Å². The van der Waals surface area contributed by atoms with E-state index in [1.807, 2.05) is 0 Å². The molecule has 0 unspecified atom stereocenters. The second kappa shape index (κ2) is 10.7. The Morgan fingerprint density at radius 3 is 2.28 bits per heavy atom. The number of nitrogens with one attached hydrogen (secondary N) is 2. The van der Waals surface area contributed by atoms with Crippen LogP contribution in [0, 0.1) is 0 Å². The summed E-state index contributed by atoms with van der Waals surface area (Å²) in [5, 5.41) is 7.65. The van der Waals surface area contributed by atoms with Crippen molar-refractivity contribution in [2.45, 2.75) is 19.8 Å². The molecule has 0 fully saturated rings. The summed E-state index contributed by atoms with van der Waals surface area (Å²) in [4.78, 5) is 24.3. The molecule has 0 atom stereocenters. The number of ether oxygens (including phenoxy) is 2. The summed E-state index contributed by atoms with van der Waals surface area (Å²) in [7, 11) is 2.94. The third kappa shape index (κ3) is 6.96. The fourth-order valence-corrected chi connectivity index (χ4v) is 2.77. The topological polar surface area (TPSA) is 89.0 Å². The van der Waals surface area contributed by atoms with Crippen LogP contribution in [-0.4, -0.2) is 31.7 Å². The molecule has 0 heterocycles. The first kappa shape index (κ1) is 22.5. The predicted octanol–water partition coefficient (Wildman–Crippen LogP) is 4.07. The molecule has 7 nitrogen and oxygen atoms in total. The zero-order chi connectivity index (χ0) is 21.4. The van der Waals surface area contributed by atoms with Crippen LogP contribution in [0.1, 0.15) is 18.9 Å². The Bertz CT molecular complexity index is 915. The van der Waals surface area contributed by atoms with Crippen molar-refractivity contribution in [3.05, 3.63) is 52.0 Å². The average Bonchev–Trinajstić information content (AvgIpc) is 2.69. The van der Waals surface area contributed by atoms with Gasteiger partial charge in [-0.25, -0.2) is 5.43 Å². The third-order valence-corrected chi connectivity index (χ3v) is 4.36. The number of nitrogens with zero attached hydrogens (tertiary/aromatic N) is 1. The van der Waals surface area contributed by atoms with Crippen LogP contribution in [0.2, 0.25) is 10.0 Å². The van der Waals surface area contributed by atoms with Crippen molar-refractivity contribution < 1.29 is 19.1 Å². The van der Waals surface area contributed by atoms with Gasteiger partial charge in [-0.15, -0.1) is 0 Å². The molecule has 0 aliphatic rings. The van der Waals surface area contributed by atoms with Gasteiger partial charge in [0.05, 0.1) is 37.8 Å². The largest absolute Gasteiger partial charge is 0.495 e. The van der Waals surface area contributed by atoms with Crippen LogP contribution >= 0.6 is 23.2 Å². The highest BCUT2D eigenvalue weighted by atomic mass is 35.5. The minimum absolute atomic E-state index is 0.0185. The molecule has 29 heavy (non-hydrogen) atoms. The van der Waals surface area contributed by atoms with Crippen molar-refractivity contribution in [1.82, 2.24) is 5.43 Å². The highest BCUT2D eigenvalue weighted by Crippen LogP contribution is 2.35. The third-order valence-electron chi connectivity index (χ3n) is 3.81. The summed E-state index contributed by atoms with van der Waals surface area (Å²) in [6.07, 6.45) is 0.136. The Hall–Kier alpha value is -2.77. The summed E-state index contributed by atoms with van der Waals surface area (Å²) in [6.45, 7) is 1.64. The van der Waals surface area contributed by atoms with E-state index in [1.54, 1.807) is 43.3 Å². The maximum absolute atomic E-state index is 12.3. The molecule has 0 spiro atoms. The van der Waals surface area contributed by atoms with Crippen LogP contribution in [-0.2, 0) is 16.0 Å². The monoisotopic (exact) mass is 437 g/mol. The lowest BCUT2D eigenvalue weighted by Gasteiger charge is -2.13. The van der Waals surface area contributed by atoms with Crippen LogP contribution in [0.25, 0.3) is 0 Å². The number of carbonyl (C=O) groups excluding carboxylic acids is 2. The normalized spacial score (nSPS) is 11.0. The van der Waals surface area contributed by atoms with Gasteiger partial charge >= 0.3 is 0 Å². The van der Waals surface area contributed by atoms with Crippen LogP contribution in [0.4, 0.5) is 5.69 Å². The SMILES string of the molecule is COc1cc(NC(=O)C/C(C)=N\NC(=O)Cc2ccc(Cl)cc2)c(OC)cc1Cl. The molecule has 0 saturated carbocycles. The lowest BCUT2D eigenvalue weighted by Crippen LogP contribution is -2.23. The van der Waals surface area contributed by atoms with Gasteiger partial charge in [0.2, 0.25) is 11.8 Å². The number of anilines is 1. The van der Waals surface area contributed by atoms with E-state index >= 15 is 0 Å². The van der Waals surface area contributed by atoms with Gasteiger partial charge in [-0.05, 0) is 24.6 Å². The summed E-state index contributed by atoms with van der Waals surface area (Å²) < 4.78 is 10.4. The maximum atomic E-state index is 12.3. The highest BCUT2D eigenvalue weighted by Gasteiger charge is 2.13. The first-order chi connectivity index (χ1) is 13.8. The molecule has 2 amide bonds. The molecular formula is C20H21Cl2N3O4. The number of benzene rings is 2. The van der Waals surface area contributed by atoms with Crippen LogP contribution in [0.15, 0.2) is 41.5 Å². The lowest BCUT2D eigenvalue weighted by atomic mass is 10.1. The quantitative estimate of drug-likeness (QED) is 0.480. The molecule has 0 bridgehead atoms. The highest BCUT2D eigenvalue weighted by molar-refractivity contribution is 6.32. The Balaban J connectivity index is 1.92. The second-order valence-corrected chi connectivity index (χ2v) is 6.94. The van der Waals surface area contributed by atoms with E-state index in [1.165, 1.54) is 14.2 Å². The number of hydrogen-bond donors (Lipinski definition) is 2. The van der Waals surface area contributed by atoms with Gasteiger partial charge in [0.25, 0.3) is 0 Å². The van der Waals surface area contributed by atoms with Crippen molar-refractivity contribution in [2.24, 2.45) is 5.10 Å². The molecule has 2 aromatic carbocycles. The van der Waals surface area contributed by atoms with E-state index in [2.05, 4.69) is 15.8 Å². The van der Waals surface area contributed by atoms with E-state index in [4.69, 9.17) is 32.7 Å². The zero-order valence-electron chi connectivity index (χ0n) is 16.2. The Morgan fingerprint density at radius 2 is 1.66 bits per heavy atom. The number of methoxy groups -OCH3 is 2. The minimum atomic E-state index is -0.333. The molecule has 0 radical (unpaired) electrons. The zero-order valence-corrected chi connectivity index (χ0v) is 17.7. The van der Waals surface area contributed by atoms with Crippen molar-refractivity contribution >= 4 is 46.4 Å². The predicted molar refractivity (Wildman–Crippen MR) is 114 cm³/mol. The van der Waals surface area contributed by atoms with Crippen molar-refractivity contribution in [2.75, 3.05) is 19.5 Å². The van der Waals surface area contributed by atoms with Crippen molar-refractivity contribution in [3.8, 4) is 11.5 Å². The average molecular weight is 438 g/mol. The van der Waals surface area contributed by atoms with Gasteiger partial charge in [0.1, 0.15) is 11.5 Å². The van der Waals surface area contributed by atoms with E-state index in [-0.39, 0.29) is 24.7 Å². The second-order valence-electron chi connectivity index (χ2n) is 6.10. The van der Waals surface area contributed by atoms with Gasteiger partial charge in [0, 0.05) is 22.9 Å². The van der Waals surface area contributed by atoms with Gasteiger partial charge in [0.15, 0.2) is 0 Å². The fourth-order valence-electron chi connectivity index (χ4n) is 2.41. The van der Waals surface area contributed by atoms with E-state index in [0.29, 0.717) is 32.9 Å². The molecule has 2 aromatic rings. The number of carbonyl (C=O) groups is 2. The van der Waals surface area contributed by atoms with Crippen LogP contribution in [0.5, 0.6) is 11.5 Å². The summed E-state index contributed by atoms with van der Waals surface area (Å²) >= 11 is 11.9. The number of hydrogen-bond acceptors (Lipinski definition) is 5.